The molecule has 1 aromatic rings. The van der Waals surface area contributed by atoms with Crippen molar-refractivity contribution < 1.29 is 8.42 Å². The molecule has 2 aliphatic rings. The number of rotatable bonds is 5. The second-order valence-electron chi connectivity index (χ2n) is 5.92. The summed E-state index contributed by atoms with van der Waals surface area (Å²) in [7, 11) is -2.74. The van der Waals surface area contributed by atoms with Gasteiger partial charge >= 0.3 is 0 Å². The molecule has 0 aromatic heterocycles. The Bertz CT molecular complexity index is 532. The van der Waals surface area contributed by atoms with E-state index in [1.807, 2.05) is 0 Å². The zero-order chi connectivity index (χ0) is 13.3. The standard InChI is InChI=1S/C15H21NO2S/c17-19(18)8-7-13(11-19)10-16-9-12-1-3-14(4-2-12)15-5-6-15/h1-4,13,15-16H,5-11H2. The lowest BCUT2D eigenvalue weighted by Gasteiger charge is -2.10. The van der Waals surface area contributed by atoms with E-state index in [0.717, 1.165) is 25.4 Å². The van der Waals surface area contributed by atoms with E-state index in [0.29, 0.717) is 17.4 Å². The predicted molar refractivity (Wildman–Crippen MR) is 76.9 cm³/mol. The summed E-state index contributed by atoms with van der Waals surface area (Å²) in [5, 5.41) is 3.38. The van der Waals surface area contributed by atoms with E-state index in [4.69, 9.17) is 0 Å². The van der Waals surface area contributed by atoms with Gasteiger partial charge in [-0.3, -0.25) is 0 Å². The van der Waals surface area contributed by atoms with Crippen molar-refractivity contribution in [2.24, 2.45) is 5.92 Å². The number of benzene rings is 1. The minimum atomic E-state index is -2.74. The first-order chi connectivity index (χ1) is 9.12. The minimum absolute atomic E-state index is 0.302. The molecule has 2 fully saturated rings. The molecule has 1 aliphatic heterocycles. The van der Waals surface area contributed by atoms with Crippen molar-refractivity contribution in [3.05, 3.63) is 35.4 Å². The van der Waals surface area contributed by atoms with Crippen LogP contribution in [0.3, 0.4) is 0 Å². The number of hydrogen-bond acceptors (Lipinski definition) is 3. The molecule has 0 radical (unpaired) electrons. The van der Waals surface area contributed by atoms with E-state index in [9.17, 15) is 8.42 Å². The van der Waals surface area contributed by atoms with Gasteiger partial charge in [0.1, 0.15) is 0 Å². The van der Waals surface area contributed by atoms with Crippen LogP contribution >= 0.6 is 0 Å². The van der Waals surface area contributed by atoms with Gasteiger partial charge in [-0.25, -0.2) is 8.42 Å². The Kier molecular flexibility index (Phi) is 3.63. The molecule has 1 saturated heterocycles. The molecule has 0 spiro atoms. The van der Waals surface area contributed by atoms with Crippen molar-refractivity contribution in [3.63, 3.8) is 0 Å². The highest BCUT2D eigenvalue weighted by Gasteiger charge is 2.27. The molecule has 1 aromatic carbocycles. The molecule has 0 bridgehead atoms. The molecule has 3 nitrogen and oxygen atoms in total. The molecule has 1 heterocycles. The Morgan fingerprint density at radius 3 is 2.42 bits per heavy atom. The van der Waals surface area contributed by atoms with Crippen LogP contribution < -0.4 is 5.32 Å². The van der Waals surface area contributed by atoms with E-state index in [-0.39, 0.29) is 0 Å². The summed E-state index contributed by atoms with van der Waals surface area (Å²) in [5.74, 6) is 1.84. The maximum atomic E-state index is 11.4. The molecule has 1 saturated carbocycles. The number of sulfone groups is 1. The normalized spacial score (nSPS) is 25.6. The van der Waals surface area contributed by atoms with E-state index in [2.05, 4.69) is 29.6 Å². The van der Waals surface area contributed by atoms with Crippen LogP contribution in [0.2, 0.25) is 0 Å². The first-order valence-electron chi connectivity index (χ1n) is 7.12. The average Bonchev–Trinajstić information content (AvgIpc) is 3.16. The summed E-state index contributed by atoms with van der Waals surface area (Å²) in [6, 6.07) is 8.83. The second kappa shape index (κ2) is 5.25. The molecule has 4 heteroatoms. The van der Waals surface area contributed by atoms with Crippen LogP contribution in [0.15, 0.2) is 24.3 Å². The predicted octanol–water partition coefficient (Wildman–Crippen LogP) is 2.09. The van der Waals surface area contributed by atoms with Crippen molar-refractivity contribution in [2.45, 2.75) is 31.7 Å². The van der Waals surface area contributed by atoms with Crippen LogP contribution in [-0.2, 0) is 16.4 Å². The lowest BCUT2D eigenvalue weighted by atomic mass is 10.1. The fourth-order valence-electron chi connectivity index (χ4n) is 2.78. The molecule has 104 valence electrons. The zero-order valence-corrected chi connectivity index (χ0v) is 12.0. The first kappa shape index (κ1) is 13.1. The summed E-state index contributed by atoms with van der Waals surface area (Å²) in [6.07, 6.45) is 3.50. The monoisotopic (exact) mass is 279 g/mol. The third-order valence-corrected chi connectivity index (χ3v) is 5.95. The van der Waals surface area contributed by atoms with Crippen molar-refractivity contribution in [3.8, 4) is 0 Å². The first-order valence-corrected chi connectivity index (χ1v) is 8.94. The Hall–Kier alpha value is -0.870. The quantitative estimate of drug-likeness (QED) is 0.897. The highest BCUT2D eigenvalue weighted by Crippen LogP contribution is 2.39. The SMILES string of the molecule is O=S1(=O)CCC(CNCc2ccc(C3CC3)cc2)C1. The van der Waals surface area contributed by atoms with Crippen LogP contribution in [0.4, 0.5) is 0 Å². The third-order valence-electron chi connectivity index (χ3n) is 4.12. The van der Waals surface area contributed by atoms with E-state index >= 15 is 0 Å². The summed E-state index contributed by atoms with van der Waals surface area (Å²) in [5.41, 5.74) is 2.75. The molecule has 1 unspecified atom stereocenters. The molecule has 0 amide bonds. The lowest BCUT2D eigenvalue weighted by molar-refractivity contribution is 0.521. The largest absolute Gasteiger partial charge is 0.312 e. The Balaban J connectivity index is 1.44. The molecule has 19 heavy (non-hydrogen) atoms. The zero-order valence-electron chi connectivity index (χ0n) is 11.1. The van der Waals surface area contributed by atoms with Crippen LogP contribution in [-0.4, -0.2) is 26.5 Å². The van der Waals surface area contributed by atoms with Gasteiger partial charge in [0.25, 0.3) is 0 Å². The van der Waals surface area contributed by atoms with Gasteiger partial charge < -0.3 is 5.32 Å². The fraction of sp³-hybridized carbons (Fsp3) is 0.600. The number of nitrogens with one attached hydrogen (secondary N) is 1. The van der Waals surface area contributed by atoms with E-state index < -0.39 is 9.84 Å². The van der Waals surface area contributed by atoms with Crippen LogP contribution in [0.1, 0.15) is 36.3 Å². The third kappa shape index (κ3) is 3.57. The maximum absolute atomic E-state index is 11.4. The summed E-state index contributed by atoms with van der Waals surface area (Å²) in [4.78, 5) is 0. The van der Waals surface area contributed by atoms with Gasteiger partial charge in [-0.2, -0.15) is 0 Å². The lowest BCUT2D eigenvalue weighted by Crippen LogP contribution is -2.23. The summed E-state index contributed by atoms with van der Waals surface area (Å²) < 4.78 is 22.7. The van der Waals surface area contributed by atoms with Gasteiger partial charge in [0, 0.05) is 6.54 Å². The van der Waals surface area contributed by atoms with Gasteiger partial charge in [0.2, 0.25) is 0 Å². The van der Waals surface area contributed by atoms with Crippen molar-refractivity contribution >= 4 is 9.84 Å². The fourth-order valence-corrected chi connectivity index (χ4v) is 4.64. The molecular formula is C15H21NO2S. The Labute approximate surface area is 115 Å². The van der Waals surface area contributed by atoms with Gasteiger partial charge in [-0.05, 0) is 48.8 Å². The highest BCUT2D eigenvalue weighted by molar-refractivity contribution is 7.91. The van der Waals surface area contributed by atoms with E-state index in [1.54, 1.807) is 0 Å². The summed E-state index contributed by atoms with van der Waals surface area (Å²) in [6.45, 7) is 1.64. The van der Waals surface area contributed by atoms with Gasteiger partial charge in [-0.1, -0.05) is 24.3 Å². The maximum Gasteiger partial charge on any atom is 0.150 e. The van der Waals surface area contributed by atoms with E-state index in [1.165, 1.54) is 24.0 Å². The summed E-state index contributed by atoms with van der Waals surface area (Å²) >= 11 is 0. The van der Waals surface area contributed by atoms with Crippen molar-refractivity contribution in [1.82, 2.24) is 5.32 Å². The van der Waals surface area contributed by atoms with Gasteiger partial charge in [0.15, 0.2) is 9.84 Å². The molecular weight excluding hydrogens is 258 g/mol. The topological polar surface area (TPSA) is 46.2 Å². The molecule has 1 atom stereocenters. The van der Waals surface area contributed by atoms with Crippen LogP contribution in [0, 0.1) is 5.92 Å². The average molecular weight is 279 g/mol. The Morgan fingerprint density at radius 2 is 1.84 bits per heavy atom. The molecule has 1 aliphatic carbocycles. The van der Waals surface area contributed by atoms with Crippen LogP contribution in [0.5, 0.6) is 0 Å². The molecule has 1 N–H and O–H groups in total. The molecule has 3 rings (SSSR count). The van der Waals surface area contributed by atoms with Gasteiger partial charge in [0.05, 0.1) is 11.5 Å². The Morgan fingerprint density at radius 1 is 1.11 bits per heavy atom. The van der Waals surface area contributed by atoms with Gasteiger partial charge in [-0.15, -0.1) is 0 Å². The van der Waals surface area contributed by atoms with Crippen molar-refractivity contribution in [1.29, 1.82) is 0 Å². The highest BCUT2D eigenvalue weighted by atomic mass is 32.2. The number of hydrogen-bond donors (Lipinski definition) is 1. The minimum Gasteiger partial charge on any atom is -0.312 e. The second-order valence-corrected chi connectivity index (χ2v) is 8.14. The van der Waals surface area contributed by atoms with Crippen molar-refractivity contribution in [2.75, 3.05) is 18.1 Å². The van der Waals surface area contributed by atoms with Crippen LogP contribution in [0.25, 0.3) is 0 Å². The smallest absolute Gasteiger partial charge is 0.150 e.